The maximum atomic E-state index is 10.2. The molecule has 98 valence electrons. The Labute approximate surface area is 106 Å². The molecule has 1 atom stereocenters. The molecule has 1 aliphatic heterocycles. The molecule has 0 aromatic carbocycles. The molecule has 1 fully saturated rings. The molecule has 2 heterocycles. The molecule has 2 aliphatic rings. The lowest BCUT2D eigenvalue weighted by Gasteiger charge is -2.39. The van der Waals surface area contributed by atoms with Crippen molar-refractivity contribution in [1.82, 2.24) is 9.97 Å². The van der Waals surface area contributed by atoms with E-state index in [4.69, 9.17) is 0 Å². The number of anilines is 1. The van der Waals surface area contributed by atoms with Crippen LogP contribution in [0.1, 0.15) is 30.5 Å². The van der Waals surface area contributed by atoms with Crippen LogP contribution in [-0.4, -0.2) is 45.5 Å². The highest BCUT2D eigenvalue weighted by Gasteiger charge is 2.34. The Kier molecular flexibility index (Phi) is 2.95. The summed E-state index contributed by atoms with van der Waals surface area (Å²) >= 11 is 0. The van der Waals surface area contributed by atoms with E-state index in [0.717, 1.165) is 43.7 Å². The average molecular weight is 249 g/mol. The summed E-state index contributed by atoms with van der Waals surface area (Å²) in [5, 5.41) is 19.5. The van der Waals surface area contributed by atoms with Gasteiger partial charge in [-0.05, 0) is 32.1 Å². The minimum absolute atomic E-state index is 0.184. The van der Waals surface area contributed by atoms with Gasteiger partial charge in [0.2, 0.25) is 0 Å². The summed E-state index contributed by atoms with van der Waals surface area (Å²) in [4.78, 5) is 10.8. The van der Waals surface area contributed by atoms with E-state index in [1.165, 1.54) is 5.56 Å². The Bertz CT molecular complexity index is 452. The van der Waals surface area contributed by atoms with Crippen molar-refractivity contribution in [2.45, 2.75) is 37.7 Å². The van der Waals surface area contributed by atoms with Crippen LogP contribution in [0.5, 0.6) is 0 Å². The van der Waals surface area contributed by atoms with Crippen LogP contribution in [0.2, 0.25) is 0 Å². The first-order valence-electron chi connectivity index (χ1n) is 6.63. The van der Waals surface area contributed by atoms with E-state index in [1.54, 1.807) is 6.33 Å². The molecule has 0 amide bonds. The molecule has 1 saturated heterocycles. The van der Waals surface area contributed by atoms with Gasteiger partial charge in [0.1, 0.15) is 17.7 Å². The normalized spacial score (nSPS) is 27.3. The van der Waals surface area contributed by atoms with Crippen molar-refractivity contribution >= 4 is 5.82 Å². The number of nitrogens with zero attached hydrogens (tertiary/aromatic N) is 3. The van der Waals surface area contributed by atoms with Crippen LogP contribution in [0, 0.1) is 0 Å². The summed E-state index contributed by atoms with van der Waals surface area (Å²) in [6.45, 7) is 1.18. The third-order valence-electron chi connectivity index (χ3n) is 4.00. The summed E-state index contributed by atoms with van der Waals surface area (Å²) in [7, 11) is 0. The largest absolute Gasteiger partial charge is 0.393 e. The van der Waals surface area contributed by atoms with Crippen LogP contribution in [0.25, 0.3) is 0 Å². The van der Waals surface area contributed by atoms with Crippen LogP contribution in [0.15, 0.2) is 6.33 Å². The number of hydrogen-bond acceptors (Lipinski definition) is 5. The number of aliphatic hydroxyl groups excluding tert-OH is 1. The Hall–Kier alpha value is -1.20. The van der Waals surface area contributed by atoms with Crippen LogP contribution >= 0.6 is 0 Å². The van der Waals surface area contributed by atoms with Gasteiger partial charge in [-0.15, -0.1) is 0 Å². The lowest BCUT2D eigenvalue weighted by molar-refractivity contribution is -0.0242. The van der Waals surface area contributed by atoms with E-state index < -0.39 is 5.60 Å². The van der Waals surface area contributed by atoms with Crippen molar-refractivity contribution in [3.63, 3.8) is 0 Å². The number of rotatable bonds is 2. The summed E-state index contributed by atoms with van der Waals surface area (Å²) < 4.78 is 0. The molecule has 0 saturated carbocycles. The van der Waals surface area contributed by atoms with Crippen molar-refractivity contribution in [1.29, 1.82) is 0 Å². The quantitative estimate of drug-likeness (QED) is 0.788. The number of hydrogen-bond donors (Lipinski definition) is 2. The van der Waals surface area contributed by atoms with E-state index in [-0.39, 0.29) is 6.61 Å². The third kappa shape index (κ3) is 1.97. The number of β-amino-alcohol motifs (C(OH)–C–C–N with tert-alkyl or cyclic N) is 1. The molecule has 18 heavy (non-hydrogen) atoms. The van der Waals surface area contributed by atoms with Crippen LogP contribution in [-0.2, 0) is 12.8 Å². The zero-order valence-electron chi connectivity index (χ0n) is 10.5. The number of fused-ring (bicyclic) bond motifs is 1. The predicted molar refractivity (Wildman–Crippen MR) is 67.5 cm³/mol. The highest BCUT2D eigenvalue weighted by atomic mass is 16.3. The van der Waals surface area contributed by atoms with Gasteiger partial charge in [0, 0.05) is 17.8 Å². The second kappa shape index (κ2) is 4.48. The van der Waals surface area contributed by atoms with E-state index >= 15 is 0 Å². The average Bonchev–Trinajstić information content (AvgIpc) is 2.87. The number of aryl methyl sites for hydroxylation is 1. The van der Waals surface area contributed by atoms with Gasteiger partial charge in [-0.2, -0.15) is 0 Å². The maximum Gasteiger partial charge on any atom is 0.135 e. The zero-order chi connectivity index (χ0) is 12.6. The molecule has 0 radical (unpaired) electrons. The fourth-order valence-corrected chi connectivity index (χ4v) is 3.04. The van der Waals surface area contributed by atoms with Crippen molar-refractivity contribution in [2.75, 3.05) is 24.6 Å². The third-order valence-corrected chi connectivity index (χ3v) is 4.00. The first-order valence-corrected chi connectivity index (χ1v) is 6.63. The molecule has 1 aliphatic carbocycles. The topological polar surface area (TPSA) is 69.5 Å². The van der Waals surface area contributed by atoms with Crippen molar-refractivity contribution < 1.29 is 10.2 Å². The van der Waals surface area contributed by atoms with Crippen LogP contribution in [0.4, 0.5) is 5.82 Å². The number of aliphatic hydroxyl groups is 2. The molecule has 1 aromatic heterocycles. The smallest absolute Gasteiger partial charge is 0.135 e. The van der Waals surface area contributed by atoms with E-state index in [9.17, 15) is 10.2 Å². The van der Waals surface area contributed by atoms with Crippen LogP contribution < -0.4 is 4.90 Å². The Balaban J connectivity index is 1.89. The molecular weight excluding hydrogens is 230 g/mol. The first-order chi connectivity index (χ1) is 8.72. The second-order valence-corrected chi connectivity index (χ2v) is 5.38. The Morgan fingerprint density at radius 2 is 2.17 bits per heavy atom. The van der Waals surface area contributed by atoms with Gasteiger partial charge in [0.05, 0.1) is 13.2 Å². The molecule has 5 heteroatoms. The summed E-state index contributed by atoms with van der Waals surface area (Å²) in [6.07, 6.45) is 6.36. The number of aromatic nitrogens is 2. The van der Waals surface area contributed by atoms with Gasteiger partial charge in [0.25, 0.3) is 0 Å². The standard InChI is InChI=1S/C13H19N3O2/c17-8-13(18)5-2-6-16(7-13)12-10-3-1-4-11(10)14-9-15-12/h9,17-18H,1-8H2. The van der Waals surface area contributed by atoms with Gasteiger partial charge >= 0.3 is 0 Å². The first kappa shape index (κ1) is 11.9. The fraction of sp³-hybridized carbons (Fsp3) is 0.692. The van der Waals surface area contributed by atoms with E-state index in [1.807, 2.05) is 0 Å². The predicted octanol–water partition coefficient (Wildman–Crippen LogP) is 0.289. The second-order valence-electron chi connectivity index (χ2n) is 5.38. The van der Waals surface area contributed by atoms with E-state index in [0.29, 0.717) is 13.0 Å². The molecule has 0 spiro atoms. The van der Waals surface area contributed by atoms with Gasteiger partial charge in [-0.25, -0.2) is 9.97 Å². The maximum absolute atomic E-state index is 10.2. The molecule has 2 N–H and O–H groups in total. The SMILES string of the molecule is OCC1(O)CCCN(c2ncnc3c2CCC3)C1. The van der Waals surface area contributed by atoms with Crippen molar-refractivity contribution in [3.05, 3.63) is 17.6 Å². The van der Waals surface area contributed by atoms with E-state index in [2.05, 4.69) is 14.9 Å². The lowest BCUT2D eigenvalue weighted by Crippen LogP contribution is -2.51. The van der Waals surface area contributed by atoms with Gasteiger partial charge in [0.15, 0.2) is 0 Å². The zero-order valence-corrected chi connectivity index (χ0v) is 10.5. The minimum Gasteiger partial charge on any atom is -0.393 e. The minimum atomic E-state index is -0.977. The highest BCUT2D eigenvalue weighted by Crippen LogP contribution is 2.31. The molecule has 3 rings (SSSR count). The molecule has 1 unspecified atom stereocenters. The summed E-state index contributed by atoms with van der Waals surface area (Å²) in [5.41, 5.74) is 1.41. The fourth-order valence-electron chi connectivity index (χ4n) is 3.04. The molecular formula is C13H19N3O2. The number of piperidine rings is 1. The molecule has 1 aromatic rings. The van der Waals surface area contributed by atoms with Crippen molar-refractivity contribution in [2.24, 2.45) is 0 Å². The molecule has 0 bridgehead atoms. The summed E-state index contributed by atoms with van der Waals surface area (Å²) in [6, 6.07) is 0. The lowest BCUT2D eigenvalue weighted by atomic mass is 9.93. The van der Waals surface area contributed by atoms with Gasteiger partial charge < -0.3 is 15.1 Å². The van der Waals surface area contributed by atoms with Crippen LogP contribution in [0.3, 0.4) is 0 Å². The van der Waals surface area contributed by atoms with Gasteiger partial charge in [-0.1, -0.05) is 0 Å². The van der Waals surface area contributed by atoms with Gasteiger partial charge in [-0.3, -0.25) is 0 Å². The molecule has 5 nitrogen and oxygen atoms in total. The Morgan fingerprint density at radius 3 is 3.00 bits per heavy atom. The Morgan fingerprint density at radius 1 is 1.28 bits per heavy atom. The summed E-state index contributed by atoms with van der Waals surface area (Å²) in [5.74, 6) is 0.962. The highest BCUT2D eigenvalue weighted by molar-refractivity contribution is 5.51. The van der Waals surface area contributed by atoms with Crippen molar-refractivity contribution in [3.8, 4) is 0 Å². The monoisotopic (exact) mass is 249 g/mol.